The summed E-state index contributed by atoms with van der Waals surface area (Å²) in [7, 11) is 0. The maximum atomic E-state index is 12.8. The fourth-order valence-corrected chi connectivity index (χ4v) is 6.25. The molecule has 0 radical (unpaired) electrons. The molecule has 0 saturated heterocycles. The average molecular weight is 537 g/mol. The van der Waals surface area contributed by atoms with Crippen LogP contribution in [0.5, 0.6) is 17.2 Å². The number of esters is 2. The molecule has 2 fully saturated rings. The molecule has 0 unspecified atom stereocenters. The normalized spacial score (nSPS) is 23.1. The molecule has 6 heteroatoms. The lowest BCUT2D eigenvalue weighted by atomic mass is 9.68. The standard InChI is InChI=1S/C33H44O6/c1-2-3-4-5-24-6-8-25(9-7-24)26-10-12-27(13-11-26)32(35)38-30-18-20-31(21-19-30)39-33(36)28-14-16-29(17-15-28)37-23-22-34/h14-21,24-27,34H,2-13,22-23H2,1H3. The van der Waals surface area contributed by atoms with Crippen molar-refractivity contribution in [3.63, 3.8) is 0 Å². The second-order valence-electron chi connectivity index (χ2n) is 11.3. The van der Waals surface area contributed by atoms with Gasteiger partial charge in [0.25, 0.3) is 0 Å². The average Bonchev–Trinajstić information content (AvgIpc) is 2.98. The summed E-state index contributed by atoms with van der Waals surface area (Å²) >= 11 is 0. The van der Waals surface area contributed by atoms with E-state index in [4.69, 9.17) is 19.3 Å². The van der Waals surface area contributed by atoms with E-state index in [2.05, 4.69) is 6.92 Å². The Labute approximate surface area is 233 Å². The predicted octanol–water partition coefficient (Wildman–Crippen LogP) is 7.38. The highest BCUT2D eigenvalue weighted by molar-refractivity contribution is 5.91. The number of hydrogen-bond donors (Lipinski definition) is 1. The van der Waals surface area contributed by atoms with E-state index in [0.717, 1.165) is 43.4 Å². The Morgan fingerprint density at radius 2 is 1.31 bits per heavy atom. The van der Waals surface area contributed by atoms with Gasteiger partial charge in [-0.15, -0.1) is 0 Å². The number of unbranched alkanes of at least 4 members (excludes halogenated alkanes) is 2. The summed E-state index contributed by atoms with van der Waals surface area (Å²) in [4.78, 5) is 25.3. The molecule has 0 aliphatic heterocycles. The summed E-state index contributed by atoms with van der Waals surface area (Å²) in [5.74, 6) is 3.29. The molecule has 0 aromatic heterocycles. The van der Waals surface area contributed by atoms with E-state index < -0.39 is 5.97 Å². The largest absolute Gasteiger partial charge is 0.491 e. The van der Waals surface area contributed by atoms with Crippen LogP contribution in [0.2, 0.25) is 0 Å². The minimum Gasteiger partial charge on any atom is -0.491 e. The number of rotatable bonds is 12. The third-order valence-corrected chi connectivity index (χ3v) is 8.58. The number of aliphatic hydroxyl groups excluding tert-OH is 1. The molecule has 6 nitrogen and oxygen atoms in total. The minimum absolute atomic E-state index is 0.0338. The van der Waals surface area contributed by atoms with Crippen LogP contribution in [0.25, 0.3) is 0 Å². The Balaban J connectivity index is 1.17. The lowest BCUT2D eigenvalue weighted by molar-refractivity contribution is -0.140. The molecule has 0 atom stereocenters. The van der Waals surface area contributed by atoms with E-state index in [0.29, 0.717) is 22.8 Å². The highest BCUT2D eigenvalue weighted by Crippen LogP contribution is 2.42. The smallest absolute Gasteiger partial charge is 0.343 e. The number of carbonyl (C=O) groups is 2. The van der Waals surface area contributed by atoms with Crippen LogP contribution in [0.4, 0.5) is 0 Å². The van der Waals surface area contributed by atoms with Gasteiger partial charge in [-0.3, -0.25) is 4.79 Å². The second-order valence-corrected chi connectivity index (χ2v) is 11.3. The van der Waals surface area contributed by atoms with Crippen molar-refractivity contribution in [3.8, 4) is 17.2 Å². The molecule has 2 aliphatic rings. The summed E-state index contributed by atoms with van der Waals surface area (Å²) in [6.45, 7) is 2.40. The minimum atomic E-state index is -0.491. The van der Waals surface area contributed by atoms with E-state index in [-0.39, 0.29) is 25.1 Å². The number of aliphatic hydroxyl groups is 1. The molecular weight excluding hydrogens is 492 g/mol. The molecule has 1 N–H and O–H groups in total. The van der Waals surface area contributed by atoms with Gasteiger partial charge in [0.15, 0.2) is 0 Å². The quantitative estimate of drug-likeness (QED) is 0.173. The molecule has 2 aromatic rings. The first-order chi connectivity index (χ1) is 19.1. The first-order valence-electron chi connectivity index (χ1n) is 14.9. The second kappa shape index (κ2) is 15.1. The van der Waals surface area contributed by atoms with Gasteiger partial charge < -0.3 is 19.3 Å². The van der Waals surface area contributed by atoms with Crippen LogP contribution in [0.1, 0.15) is 94.3 Å². The highest BCUT2D eigenvalue weighted by atomic mass is 16.5. The summed E-state index contributed by atoms with van der Waals surface area (Å²) in [6.07, 6.45) is 15.1. The van der Waals surface area contributed by atoms with Crippen LogP contribution < -0.4 is 14.2 Å². The molecule has 39 heavy (non-hydrogen) atoms. The van der Waals surface area contributed by atoms with Crippen LogP contribution >= 0.6 is 0 Å². The Hall–Kier alpha value is -2.86. The first kappa shape index (κ1) is 29.1. The van der Waals surface area contributed by atoms with E-state index in [9.17, 15) is 9.59 Å². The molecule has 2 aliphatic carbocycles. The van der Waals surface area contributed by atoms with Crippen LogP contribution in [-0.2, 0) is 4.79 Å². The van der Waals surface area contributed by atoms with E-state index in [1.165, 1.54) is 51.4 Å². The molecule has 0 amide bonds. The summed E-state index contributed by atoms with van der Waals surface area (Å²) in [5.41, 5.74) is 0.387. The Kier molecular flexibility index (Phi) is 11.3. The first-order valence-corrected chi connectivity index (χ1v) is 14.9. The van der Waals surface area contributed by atoms with Crippen molar-refractivity contribution < 1.29 is 28.9 Å². The lowest BCUT2D eigenvalue weighted by Gasteiger charge is -2.37. The van der Waals surface area contributed by atoms with Crippen molar-refractivity contribution in [2.75, 3.05) is 13.2 Å². The van der Waals surface area contributed by atoms with Crippen molar-refractivity contribution in [2.45, 2.75) is 84.0 Å². The fourth-order valence-electron chi connectivity index (χ4n) is 6.25. The zero-order valence-electron chi connectivity index (χ0n) is 23.3. The van der Waals surface area contributed by atoms with E-state index in [1.807, 2.05) is 0 Å². The summed E-state index contributed by atoms with van der Waals surface area (Å²) < 4.78 is 16.4. The fraction of sp³-hybridized carbons (Fsp3) is 0.576. The Morgan fingerprint density at radius 3 is 1.90 bits per heavy atom. The highest BCUT2D eigenvalue weighted by Gasteiger charge is 2.33. The van der Waals surface area contributed by atoms with Crippen LogP contribution in [0, 0.1) is 23.7 Å². The number of benzene rings is 2. The van der Waals surface area contributed by atoms with Gasteiger partial charge in [0.05, 0.1) is 18.1 Å². The molecular formula is C33H44O6. The summed E-state index contributed by atoms with van der Waals surface area (Å²) in [5, 5.41) is 8.83. The number of ether oxygens (including phenoxy) is 3. The monoisotopic (exact) mass is 536 g/mol. The van der Waals surface area contributed by atoms with E-state index in [1.54, 1.807) is 48.5 Å². The van der Waals surface area contributed by atoms with Gasteiger partial charge in [0.2, 0.25) is 0 Å². The van der Waals surface area contributed by atoms with Gasteiger partial charge in [-0.1, -0.05) is 45.4 Å². The Bertz CT molecular complexity index is 1020. The molecule has 0 spiro atoms. The Morgan fingerprint density at radius 1 is 0.744 bits per heavy atom. The van der Waals surface area contributed by atoms with Crippen molar-refractivity contribution >= 4 is 11.9 Å². The van der Waals surface area contributed by atoms with Crippen molar-refractivity contribution in [3.05, 3.63) is 54.1 Å². The van der Waals surface area contributed by atoms with Gasteiger partial charge in [0, 0.05) is 0 Å². The SMILES string of the molecule is CCCCCC1CCC(C2CCC(C(=O)Oc3ccc(OC(=O)c4ccc(OCCO)cc4)cc3)CC2)CC1. The summed E-state index contributed by atoms with van der Waals surface area (Å²) in [6, 6.07) is 13.1. The maximum Gasteiger partial charge on any atom is 0.343 e. The molecule has 0 bridgehead atoms. The van der Waals surface area contributed by atoms with Crippen molar-refractivity contribution in [2.24, 2.45) is 23.7 Å². The zero-order valence-corrected chi connectivity index (χ0v) is 23.3. The van der Waals surface area contributed by atoms with Crippen LogP contribution in [0.15, 0.2) is 48.5 Å². The molecule has 2 saturated carbocycles. The lowest BCUT2D eigenvalue weighted by Crippen LogP contribution is -2.30. The third kappa shape index (κ3) is 8.82. The third-order valence-electron chi connectivity index (χ3n) is 8.58. The van der Waals surface area contributed by atoms with Crippen LogP contribution in [0.3, 0.4) is 0 Å². The van der Waals surface area contributed by atoms with E-state index >= 15 is 0 Å². The zero-order chi connectivity index (χ0) is 27.5. The molecule has 212 valence electrons. The van der Waals surface area contributed by atoms with Gasteiger partial charge >= 0.3 is 11.9 Å². The van der Waals surface area contributed by atoms with Gasteiger partial charge in [0.1, 0.15) is 23.9 Å². The number of hydrogen-bond acceptors (Lipinski definition) is 6. The van der Waals surface area contributed by atoms with Gasteiger partial charge in [-0.2, -0.15) is 0 Å². The molecule has 4 rings (SSSR count). The van der Waals surface area contributed by atoms with Crippen molar-refractivity contribution in [1.29, 1.82) is 0 Å². The predicted molar refractivity (Wildman–Crippen MR) is 151 cm³/mol. The van der Waals surface area contributed by atoms with Crippen LogP contribution in [-0.4, -0.2) is 30.3 Å². The topological polar surface area (TPSA) is 82.1 Å². The molecule has 0 heterocycles. The number of carbonyl (C=O) groups excluding carboxylic acids is 2. The van der Waals surface area contributed by atoms with Gasteiger partial charge in [-0.25, -0.2) is 4.79 Å². The molecule has 2 aromatic carbocycles. The van der Waals surface area contributed by atoms with Gasteiger partial charge in [-0.05, 0) is 105 Å². The maximum absolute atomic E-state index is 12.8. The van der Waals surface area contributed by atoms with Crippen molar-refractivity contribution in [1.82, 2.24) is 0 Å².